The van der Waals surface area contributed by atoms with Crippen LogP contribution in [-0.2, 0) is 0 Å². The summed E-state index contributed by atoms with van der Waals surface area (Å²) < 4.78 is 15.4. The molecule has 0 aliphatic heterocycles. The Labute approximate surface area is 164 Å². The molecular formula is C21H14ClFN2OS. The standard InChI is InChI=1S/C21H14ClFN2OS/c1-13-20-17(12-27-13)24-19(11-10-14-6-2-4-8-16(14)23)25(21(20)26)18-9-5-3-7-15(18)22/h2-12H,1H3/b11-10+. The molecule has 0 spiro atoms. The average Bonchev–Trinajstić information content (AvgIpc) is 3.03. The summed E-state index contributed by atoms with van der Waals surface area (Å²) in [6, 6.07) is 13.5. The van der Waals surface area contributed by atoms with Gasteiger partial charge in [-0.05, 0) is 37.3 Å². The number of hydrogen-bond donors (Lipinski definition) is 0. The van der Waals surface area contributed by atoms with Gasteiger partial charge in [-0.2, -0.15) is 0 Å². The molecule has 0 fully saturated rings. The van der Waals surface area contributed by atoms with Crippen LogP contribution in [0.1, 0.15) is 16.3 Å². The van der Waals surface area contributed by atoms with Crippen molar-refractivity contribution in [3.8, 4) is 5.69 Å². The number of benzene rings is 2. The predicted molar refractivity (Wildman–Crippen MR) is 110 cm³/mol. The van der Waals surface area contributed by atoms with Gasteiger partial charge >= 0.3 is 0 Å². The number of halogens is 2. The van der Waals surface area contributed by atoms with Crippen molar-refractivity contribution >= 4 is 46.0 Å². The van der Waals surface area contributed by atoms with Gasteiger partial charge in [-0.25, -0.2) is 9.37 Å². The van der Waals surface area contributed by atoms with Crippen LogP contribution in [0, 0.1) is 12.7 Å². The Balaban J connectivity index is 1.99. The van der Waals surface area contributed by atoms with Gasteiger partial charge in [0, 0.05) is 15.8 Å². The highest BCUT2D eigenvalue weighted by Crippen LogP contribution is 2.25. The van der Waals surface area contributed by atoms with Crippen LogP contribution < -0.4 is 5.56 Å². The number of aromatic nitrogens is 2. The normalized spacial score (nSPS) is 11.5. The third-order valence-electron chi connectivity index (χ3n) is 4.25. The molecule has 0 amide bonds. The first-order valence-electron chi connectivity index (χ1n) is 8.24. The summed E-state index contributed by atoms with van der Waals surface area (Å²) >= 11 is 7.81. The van der Waals surface area contributed by atoms with E-state index in [1.807, 2.05) is 18.4 Å². The number of fused-ring (bicyclic) bond motifs is 1. The minimum absolute atomic E-state index is 0.194. The molecule has 0 saturated carbocycles. The Morgan fingerprint density at radius 2 is 1.85 bits per heavy atom. The van der Waals surface area contributed by atoms with Crippen molar-refractivity contribution in [1.29, 1.82) is 0 Å². The maximum Gasteiger partial charge on any atom is 0.267 e. The molecular weight excluding hydrogens is 383 g/mol. The first kappa shape index (κ1) is 17.6. The molecule has 2 aromatic heterocycles. The van der Waals surface area contributed by atoms with Crippen LogP contribution in [0.3, 0.4) is 0 Å². The van der Waals surface area contributed by atoms with Crippen molar-refractivity contribution in [2.24, 2.45) is 0 Å². The molecule has 0 radical (unpaired) electrons. The fourth-order valence-electron chi connectivity index (χ4n) is 2.93. The summed E-state index contributed by atoms with van der Waals surface area (Å²) in [6.07, 6.45) is 3.24. The zero-order valence-corrected chi connectivity index (χ0v) is 15.9. The summed E-state index contributed by atoms with van der Waals surface area (Å²) in [5.74, 6) is 0.0505. The molecule has 4 aromatic rings. The van der Waals surface area contributed by atoms with Crippen LogP contribution in [0.2, 0.25) is 5.02 Å². The van der Waals surface area contributed by atoms with Crippen LogP contribution in [0.4, 0.5) is 4.39 Å². The fourth-order valence-corrected chi connectivity index (χ4v) is 3.92. The van der Waals surface area contributed by atoms with E-state index in [0.29, 0.717) is 33.0 Å². The highest BCUT2D eigenvalue weighted by Gasteiger charge is 2.16. The summed E-state index contributed by atoms with van der Waals surface area (Å²) in [6.45, 7) is 1.89. The number of thiophene rings is 1. The Hall–Kier alpha value is -2.76. The SMILES string of the molecule is Cc1scc2nc(/C=C/c3ccccc3F)n(-c3ccccc3Cl)c(=O)c12. The van der Waals surface area contributed by atoms with E-state index in [9.17, 15) is 9.18 Å². The van der Waals surface area contributed by atoms with Crippen molar-refractivity contribution in [3.63, 3.8) is 0 Å². The van der Waals surface area contributed by atoms with Crippen molar-refractivity contribution in [1.82, 2.24) is 9.55 Å². The van der Waals surface area contributed by atoms with E-state index < -0.39 is 0 Å². The van der Waals surface area contributed by atoms with Gasteiger partial charge in [0.25, 0.3) is 5.56 Å². The summed E-state index contributed by atoms with van der Waals surface area (Å²) in [4.78, 5) is 18.7. The second-order valence-electron chi connectivity index (χ2n) is 5.97. The van der Waals surface area contributed by atoms with Crippen LogP contribution in [-0.4, -0.2) is 9.55 Å². The number of hydrogen-bond acceptors (Lipinski definition) is 3. The van der Waals surface area contributed by atoms with Crippen LogP contribution in [0.15, 0.2) is 58.7 Å². The number of para-hydroxylation sites is 1. The summed E-state index contributed by atoms with van der Waals surface area (Å²) in [5, 5.41) is 2.86. The van der Waals surface area contributed by atoms with Crippen molar-refractivity contribution in [3.05, 3.63) is 91.4 Å². The van der Waals surface area contributed by atoms with Gasteiger partial charge in [0.1, 0.15) is 11.6 Å². The third kappa shape index (κ3) is 3.20. The minimum Gasteiger partial charge on any atom is -0.268 e. The lowest BCUT2D eigenvalue weighted by atomic mass is 10.2. The maximum atomic E-state index is 14.0. The first-order valence-corrected chi connectivity index (χ1v) is 9.50. The first-order chi connectivity index (χ1) is 13.1. The smallest absolute Gasteiger partial charge is 0.267 e. The van der Waals surface area contributed by atoms with Crippen LogP contribution >= 0.6 is 22.9 Å². The summed E-state index contributed by atoms with van der Waals surface area (Å²) in [5.41, 5.74) is 1.38. The minimum atomic E-state index is -0.340. The molecule has 0 saturated heterocycles. The predicted octanol–water partition coefficient (Wildman–Crippen LogP) is 5.72. The molecule has 0 bridgehead atoms. The molecule has 0 aliphatic rings. The van der Waals surface area contributed by atoms with Gasteiger partial charge < -0.3 is 0 Å². The van der Waals surface area contributed by atoms with E-state index in [2.05, 4.69) is 4.98 Å². The Bertz CT molecular complexity index is 1240. The van der Waals surface area contributed by atoms with Crippen molar-refractivity contribution in [2.75, 3.05) is 0 Å². The second kappa shape index (κ2) is 7.10. The van der Waals surface area contributed by atoms with E-state index in [1.54, 1.807) is 48.6 Å². The molecule has 134 valence electrons. The van der Waals surface area contributed by atoms with Crippen LogP contribution in [0.25, 0.3) is 28.7 Å². The molecule has 0 unspecified atom stereocenters. The van der Waals surface area contributed by atoms with E-state index >= 15 is 0 Å². The van der Waals surface area contributed by atoms with Gasteiger partial charge in [-0.15, -0.1) is 11.3 Å². The number of aryl methyl sites for hydroxylation is 1. The molecule has 0 atom stereocenters. The molecule has 0 aliphatic carbocycles. The average molecular weight is 397 g/mol. The van der Waals surface area contributed by atoms with E-state index in [4.69, 9.17) is 11.6 Å². The largest absolute Gasteiger partial charge is 0.268 e. The van der Waals surface area contributed by atoms with Crippen molar-refractivity contribution in [2.45, 2.75) is 6.92 Å². The lowest BCUT2D eigenvalue weighted by Crippen LogP contribution is -2.22. The maximum absolute atomic E-state index is 14.0. The molecule has 27 heavy (non-hydrogen) atoms. The summed E-state index contributed by atoms with van der Waals surface area (Å²) in [7, 11) is 0. The van der Waals surface area contributed by atoms with Gasteiger partial charge in [-0.1, -0.05) is 41.9 Å². The van der Waals surface area contributed by atoms with Gasteiger partial charge in [0.05, 0.1) is 21.6 Å². The second-order valence-corrected chi connectivity index (χ2v) is 7.46. The van der Waals surface area contributed by atoms with Gasteiger partial charge in [0.15, 0.2) is 0 Å². The zero-order valence-electron chi connectivity index (χ0n) is 14.3. The lowest BCUT2D eigenvalue weighted by Gasteiger charge is -2.12. The third-order valence-corrected chi connectivity index (χ3v) is 5.47. The van der Waals surface area contributed by atoms with Crippen molar-refractivity contribution < 1.29 is 4.39 Å². The van der Waals surface area contributed by atoms with Gasteiger partial charge in [-0.3, -0.25) is 9.36 Å². The van der Waals surface area contributed by atoms with E-state index in [0.717, 1.165) is 4.88 Å². The van der Waals surface area contributed by atoms with E-state index in [-0.39, 0.29) is 11.4 Å². The number of nitrogens with zero attached hydrogens (tertiary/aromatic N) is 2. The monoisotopic (exact) mass is 396 g/mol. The molecule has 2 aromatic carbocycles. The quantitative estimate of drug-likeness (QED) is 0.444. The molecule has 0 N–H and O–H groups in total. The molecule has 4 rings (SSSR count). The fraction of sp³-hybridized carbons (Fsp3) is 0.0476. The van der Waals surface area contributed by atoms with Crippen LogP contribution in [0.5, 0.6) is 0 Å². The number of rotatable bonds is 3. The highest BCUT2D eigenvalue weighted by atomic mass is 35.5. The molecule has 6 heteroatoms. The zero-order chi connectivity index (χ0) is 19.0. The Kier molecular flexibility index (Phi) is 4.64. The van der Waals surface area contributed by atoms with E-state index in [1.165, 1.54) is 22.0 Å². The highest BCUT2D eigenvalue weighted by molar-refractivity contribution is 7.11. The lowest BCUT2D eigenvalue weighted by molar-refractivity contribution is 0.625. The molecule has 3 nitrogen and oxygen atoms in total. The molecule has 2 heterocycles. The Morgan fingerprint density at radius 1 is 1.11 bits per heavy atom. The topological polar surface area (TPSA) is 34.9 Å². The Morgan fingerprint density at radius 3 is 2.63 bits per heavy atom. The van der Waals surface area contributed by atoms with Gasteiger partial charge in [0.2, 0.25) is 0 Å².